The summed E-state index contributed by atoms with van der Waals surface area (Å²) in [5.74, 6) is 2.09. The molecular formula is C27H28ClN3O3. The van der Waals surface area contributed by atoms with Gasteiger partial charge in [-0.1, -0.05) is 41.9 Å². The van der Waals surface area contributed by atoms with Gasteiger partial charge in [-0.2, -0.15) is 0 Å². The van der Waals surface area contributed by atoms with E-state index in [-0.39, 0.29) is 12.5 Å². The zero-order valence-electron chi connectivity index (χ0n) is 19.4. The van der Waals surface area contributed by atoms with Crippen molar-refractivity contribution < 1.29 is 14.3 Å². The molecule has 1 aromatic heterocycles. The number of nitrogens with one attached hydrogen (secondary N) is 1. The second-order valence-electron chi connectivity index (χ2n) is 8.12. The number of para-hydroxylation sites is 3. The van der Waals surface area contributed by atoms with Gasteiger partial charge in [0.15, 0.2) is 6.61 Å². The summed E-state index contributed by atoms with van der Waals surface area (Å²) >= 11 is 6.25. The highest BCUT2D eigenvalue weighted by Crippen LogP contribution is 2.26. The van der Waals surface area contributed by atoms with Gasteiger partial charge in [-0.25, -0.2) is 4.98 Å². The van der Waals surface area contributed by atoms with Gasteiger partial charge in [0.05, 0.1) is 24.2 Å². The maximum absolute atomic E-state index is 12.3. The lowest BCUT2D eigenvalue weighted by molar-refractivity contribution is -0.123. The molecule has 0 radical (unpaired) electrons. The molecule has 1 heterocycles. The van der Waals surface area contributed by atoms with Gasteiger partial charge < -0.3 is 19.4 Å². The van der Waals surface area contributed by atoms with Crippen LogP contribution in [0.1, 0.15) is 23.4 Å². The molecule has 0 aliphatic rings. The van der Waals surface area contributed by atoms with Gasteiger partial charge in [0, 0.05) is 11.6 Å². The first-order valence-corrected chi connectivity index (χ1v) is 11.7. The first-order chi connectivity index (χ1) is 16.5. The van der Waals surface area contributed by atoms with Gasteiger partial charge >= 0.3 is 0 Å². The van der Waals surface area contributed by atoms with E-state index in [0.29, 0.717) is 18.9 Å². The van der Waals surface area contributed by atoms with Gasteiger partial charge in [0.1, 0.15) is 17.3 Å². The average molecular weight is 478 g/mol. The Balaban J connectivity index is 1.35. The number of imidazole rings is 1. The van der Waals surface area contributed by atoms with Crippen molar-refractivity contribution in [3.05, 3.63) is 88.7 Å². The fraction of sp³-hybridized carbons (Fsp3) is 0.259. The van der Waals surface area contributed by atoms with Crippen LogP contribution in [0.15, 0.2) is 66.7 Å². The largest absolute Gasteiger partial charge is 0.494 e. The lowest BCUT2D eigenvalue weighted by atomic mass is 10.1. The highest BCUT2D eigenvalue weighted by molar-refractivity contribution is 6.32. The lowest BCUT2D eigenvalue weighted by Gasteiger charge is -2.12. The SMILES string of the molecule is Cc1cc(OCCCn2c(CNC(=O)COc3ccccc3)nc3ccccc32)cc(C)c1Cl. The first kappa shape index (κ1) is 23.6. The molecule has 1 N–H and O–H groups in total. The molecule has 0 atom stereocenters. The molecular weight excluding hydrogens is 450 g/mol. The number of halogens is 1. The summed E-state index contributed by atoms with van der Waals surface area (Å²) < 4.78 is 13.6. The molecule has 0 saturated carbocycles. The fourth-order valence-corrected chi connectivity index (χ4v) is 3.92. The Hall–Kier alpha value is -3.51. The lowest BCUT2D eigenvalue weighted by Crippen LogP contribution is -2.29. The van der Waals surface area contributed by atoms with Crippen LogP contribution in [0.5, 0.6) is 11.5 Å². The van der Waals surface area contributed by atoms with E-state index in [0.717, 1.165) is 51.7 Å². The fourth-order valence-electron chi connectivity index (χ4n) is 3.81. The van der Waals surface area contributed by atoms with E-state index >= 15 is 0 Å². The summed E-state index contributed by atoms with van der Waals surface area (Å²) in [7, 11) is 0. The Morgan fingerprint density at radius 3 is 2.44 bits per heavy atom. The second kappa shape index (κ2) is 11.1. The van der Waals surface area contributed by atoms with Crippen LogP contribution in [-0.4, -0.2) is 28.7 Å². The summed E-state index contributed by atoms with van der Waals surface area (Å²) in [6, 6.07) is 21.2. The number of carbonyl (C=O) groups excluding carboxylic acids is 1. The van der Waals surface area contributed by atoms with E-state index in [1.165, 1.54) is 0 Å². The first-order valence-electron chi connectivity index (χ1n) is 11.3. The number of nitrogens with zero attached hydrogens (tertiary/aromatic N) is 2. The van der Waals surface area contributed by atoms with Gasteiger partial charge in [0.2, 0.25) is 0 Å². The smallest absolute Gasteiger partial charge is 0.258 e. The number of hydrogen-bond donors (Lipinski definition) is 1. The van der Waals surface area contributed by atoms with Crippen LogP contribution in [0.25, 0.3) is 11.0 Å². The number of carbonyl (C=O) groups is 1. The molecule has 0 aliphatic heterocycles. The Labute approximate surface area is 204 Å². The Kier molecular flexibility index (Phi) is 7.70. The van der Waals surface area contributed by atoms with Crippen molar-refractivity contribution in [3.8, 4) is 11.5 Å². The molecule has 0 aliphatic carbocycles. The monoisotopic (exact) mass is 477 g/mol. The number of aromatic nitrogens is 2. The van der Waals surface area contributed by atoms with Crippen molar-refractivity contribution in [3.63, 3.8) is 0 Å². The standard InChI is InChI=1S/C27H28ClN3O3/c1-19-15-22(16-20(2)27(19)28)33-14-8-13-31-24-12-7-6-11-23(24)30-25(31)17-29-26(32)18-34-21-9-4-3-5-10-21/h3-7,9-12,15-16H,8,13-14,17-18H2,1-2H3,(H,29,32). The van der Waals surface area contributed by atoms with E-state index in [1.807, 2.05) is 80.6 Å². The highest BCUT2D eigenvalue weighted by Gasteiger charge is 2.12. The third-order valence-electron chi connectivity index (χ3n) is 5.50. The zero-order chi connectivity index (χ0) is 23.9. The molecule has 34 heavy (non-hydrogen) atoms. The third kappa shape index (κ3) is 5.88. The number of fused-ring (bicyclic) bond motifs is 1. The maximum Gasteiger partial charge on any atom is 0.258 e. The Morgan fingerprint density at radius 2 is 1.68 bits per heavy atom. The number of ether oxygens (including phenoxy) is 2. The summed E-state index contributed by atoms with van der Waals surface area (Å²) in [6.07, 6.45) is 0.791. The molecule has 0 saturated heterocycles. The zero-order valence-corrected chi connectivity index (χ0v) is 20.1. The van der Waals surface area contributed by atoms with Crippen LogP contribution in [0.4, 0.5) is 0 Å². The summed E-state index contributed by atoms with van der Waals surface area (Å²) in [4.78, 5) is 17.0. The highest BCUT2D eigenvalue weighted by atomic mass is 35.5. The third-order valence-corrected chi connectivity index (χ3v) is 6.09. The van der Waals surface area contributed by atoms with Crippen LogP contribution >= 0.6 is 11.6 Å². The minimum Gasteiger partial charge on any atom is -0.494 e. The normalized spacial score (nSPS) is 10.9. The van der Waals surface area contributed by atoms with Crippen LogP contribution in [0.3, 0.4) is 0 Å². The second-order valence-corrected chi connectivity index (χ2v) is 8.50. The van der Waals surface area contributed by atoms with E-state index < -0.39 is 0 Å². The van der Waals surface area contributed by atoms with Gasteiger partial charge in [-0.05, 0) is 67.8 Å². The van der Waals surface area contributed by atoms with Crippen LogP contribution < -0.4 is 14.8 Å². The number of hydrogen-bond acceptors (Lipinski definition) is 4. The summed E-state index contributed by atoms with van der Waals surface area (Å²) in [6.45, 7) is 5.51. The Bertz CT molecular complexity index is 1250. The number of rotatable bonds is 10. The van der Waals surface area contributed by atoms with Crippen molar-refractivity contribution in [2.75, 3.05) is 13.2 Å². The molecule has 0 fully saturated rings. The van der Waals surface area contributed by atoms with E-state index in [4.69, 9.17) is 26.1 Å². The van der Waals surface area contributed by atoms with E-state index in [2.05, 4.69) is 9.88 Å². The van der Waals surface area contributed by atoms with Crippen molar-refractivity contribution in [1.82, 2.24) is 14.9 Å². The number of amides is 1. The molecule has 4 rings (SSSR count). The van der Waals surface area contributed by atoms with Crippen molar-refractivity contribution >= 4 is 28.5 Å². The van der Waals surface area contributed by atoms with Crippen LogP contribution in [0.2, 0.25) is 5.02 Å². The topological polar surface area (TPSA) is 65.4 Å². The van der Waals surface area contributed by atoms with Gasteiger partial charge in [-0.3, -0.25) is 4.79 Å². The molecule has 7 heteroatoms. The predicted octanol–water partition coefficient (Wildman–Crippen LogP) is 5.47. The maximum atomic E-state index is 12.3. The summed E-state index contributed by atoms with van der Waals surface area (Å²) in [5, 5.41) is 3.69. The molecule has 0 unspecified atom stereocenters. The van der Waals surface area contributed by atoms with Crippen LogP contribution in [-0.2, 0) is 17.9 Å². The Morgan fingerprint density at radius 1 is 0.971 bits per heavy atom. The minimum absolute atomic E-state index is 0.0436. The minimum atomic E-state index is -0.195. The van der Waals surface area contributed by atoms with Crippen molar-refractivity contribution in [1.29, 1.82) is 0 Å². The molecule has 0 bridgehead atoms. The number of benzene rings is 3. The molecule has 1 amide bonds. The molecule has 0 spiro atoms. The molecule has 6 nitrogen and oxygen atoms in total. The van der Waals surface area contributed by atoms with E-state index in [9.17, 15) is 4.79 Å². The average Bonchev–Trinajstić information content (AvgIpc) is 3.20. The molecule has 3 aromatic carbocycles. The van der Waals surface area contributed by atoms with Crippen molar-refractivity contribution in [2.24, 2.45) is 0 Å². The molecule has 4 aromatic rings. The quantitative estimate of drug-likeness (QED) is 0.307. The predicted molar refractivity (Wildman–Crippen MR) is 135 cm³/mol. The van der Waals surface area contributed by atoms with Gasteiger partial charge in [-0.15, -0.1) is 0 Å². The van der Waals surface area contributed by atoms with Crippen LogP contribution in [0, 0.1) is 13.8 Å². The molecule has 176 valence electrons. The van der Waals surface area contributed by atoms with Crippen molar-refractivity contribution in [2.45, 2.75) is 33.4 Å². The van der Waals surface area contributed by atoms with E-state index in [1.54, 1.807) is 0 Å². The summed E-state index contributed by atoms with van der Waals surface area (Å²) in [5.41, 5.74) is 3.95. The number of aryl methyl sites for hydroxylation is 3. The van der Waals surface area contributed by atoms with Gasteiger partial charge in [0.25, 0.3) is 5.91 Å².